The van der Waals surface area contributed by atoms with E-state index in [0.717, 1.165) is 4.47 Å². The first-order chi connectivity index (χ1) is 10.1. The number of ketones is 2. The standard InChI is InChI=1S/C17H13BrO3/c1-2-21-14-9-10(7-8-13(14)18)15-16(19)11-5-3-4-6-12(11)17(15)20/h3-9,15H,2H2,1H3. The number of hydrogen-bond donors (Lipinski definition) is 0. The predicted octanol–water partition coefficient (Wildman–Crippen LogP) is 4.01. The fourth-order valence-electron chi connectivity index (χ4n) is 2.61. The SMILES string of the molecule is CCOc1cc(C2C(=O)c3ccccc3C2=O)ccc1Br. The minimum atomic E-state index is -0.755. The van der Waals surface area contributed by atoms with Crippen molar-refractivity contribution in [3.63, 3.8) is 0 Å². The third kappa shape index (κ3) is 2.29. The summed E-state index contributed by atoms with van der Waals surface area (Å²) in [6.45, 7) is 2.41. The number of carbonyl (C=O) groups is 2. The molecule has 3 rings (SSSR count). The zero-order chi connectivity index (χ0) is 15.0. The number of fused-ring (bicyclic) bond motifs is 1. The van der Waals surface area contributed by atoms with E-state index in [2.05, 4.69) is 15.9 Å². The number of rotatable bonds is 3. The average Bonchev–Trinajstić information content (AvgIpc) is 2.74. The predicted molar refractivity (Wildman–Crippen MR) is 83.2 cm³/mol. The molecule has 106 valence electrons. The molecular formula is C17H13BrO3. The summed E-state index contributed by atoms with van der Waals surface area (Å²) in [6, 6.07) is 12.3. The van der Waals surface area contributed by atoms with Crippen LogP contribution in [0.1, 0.15) is 39.1 Å². The summed E-state index contributed by atoms with van der Waals surface area (Å²) in [5.41, 5.74) is 1.69. The molecule has 0 spiro atoms. The summed E-state index contributed by atoms with van der Waals surface area (Å²) in [6.07, 6.45) is 0. The quantitative estimate of drug-likeness (QED) is 0.790. The van der Waals surface area contributed by atoms with E-state index in [4.69, 9.17) is 4.74 Å². The highest BCUT2D eigenvalue weighted by Gasteiger charge is 2.39. The molecule has 1 aliphatic carbocycles. The van der Waals surface area contributed by atoms with E-state index in [1.165, 1.54) is 0 Å². The van der Waals surface area contributed by atoms with E-state index in [-0.39, 0.29) is 11.6 Å². The van der Waals surface area contributed by atoms with Gasteiger partial charge >= 0.3 is 0 Å². The average molecular weight is 345 g/mol. The Balaban J connectivity index is 2.05. The molecule has 0 saturated carbocycles. The molecule has 0 atom stereocenters. The van der Waals surface area contributed by atoms with Crippen molar-refractivity contribution >= 4 is 27.5 Å². The summed E-state index contributed by atoms with van der Waals surface area (Å²) < 4.78 is 6.32. The Morgan fingerprint density at radius 2 is 1.67 bits per heavy atom. The molecule has 2 aromatic rings. The maximum Gasteiger partial charge on any atom is 0.178 e. The molecule has 21 heavy (non-hydrogen) atoms. The van der Waals surface area contributed by atoms with Crippen molar-refractivity contribution in [2.45, 2.75) is 12.8 Å². The topological polar surface area (TPSA) is 43.4 Å². The van der Waals surface area contributed by atoms with Crippen molar-refractivity contribution in [3.8, 4) is 5.75 Å². The summed E-state index contributed by atoms with van der Waals surface area (Å²) in [5.74, 6) is -0.387. The van der Waals surface area contributed by atoms with Gasteiger partial charge in [-0.3, -0.25) is 9.59 Å². The van der Waals surface area contributed by atoms with Crippen LogP contribution in [0.4, 0.5) is 0 Å². The largest absolute Gasteiger partial charge is 0.493 e. The molecule has 0 fully saturated rings. The van der Waals surface area contributed by atoms with Crippen LogP contribution in [-0.4, -0.2) is 18.2 Å². The smallest absolute Gasteiger partial charge is 0.178 e. The van der Waals surface area contributed by atoms with Gasteiger partial charge in [-0.1, -0.05) is 30.3 Å². The van der Waals surface area contributed by atoms with Crippen LogP contribution in [0.15, 0.2) is 46.9 Å². The molecule has 4 heteroatoms. The number of ether oxygens (including phenoxy) is 1. The Morgan fingerprint density at radius 1 is 1.05 bits per heavy atom. The van der Waals surface area contributed by atoms with Crippen LogP contribution in [0.2, 0.25) is 0 Å². The van der Waals surface area contributed by atoms with Gasteiger partial charge in [0.05, 0.1) is 11.1 Å². The lowest BCUT2D eigenvalue weighted by molar-refractivity contribution is 0.0890. The van der Waals surface area contributed by atoms with Gasteiger partial charge in [-0.05, 0) is 40.5 Å². The molecule has 0 aliphatic heterocycles. The Labute approximate surface area is 131 Å². The van der Waals surface area contributed by atoms with E-state index in [0.29, 0.717) is 29.0 Å². The lowest BCUT2D eigenvalue weighted by atomic mass is 9.94. The van der Waals surface area contributed by atoms with Gasteiger partial charge in [-0.2, -0.15) is 0 Å². The van der Waals surface area contributed by atoms with Crippen LogP contribution >= 0.6 is 15.9 Å². The number of carbonyl (C=O) groups excluding carboxylic acids is 2. The van der Waals surface area contributed by atoms with Gasteiger partial charge < -0.3 is 4.74 Å². The van der Waals surface area contributed by atoms with Gasteiger partial charge in [-0.25, -0.2) is 0 Å². The van der Waals surface area contributed by atoms with Crippen LogP contribution in [0.5, 0.6) is 5.75 Å². The number of hydrogen-bond acceptors (Lipinski definition) is 3. The molecule has 0 N–H and O–H groups in total. The fourth-order valence-corrected chi connectivity index (χ4v) is 2.97. The molecule has 0 aromatic heterocycles. The second-order valence-corrected chi connectivity index (χ2v) is 5.68. The van der Waals surface area contributed by atoms with E-state index in [1.54, 1.807) is 36.4 Å². The van der Waals surface area contributed by atoms with Gasteiger partial charge in [0, 0.05) is 11.1 Å². The number of Topliss-reactive ketones (excluding diaryl/α,β-unsaturated/α-hetero) is 2. The molecule has 0 bridgehead atoms. The molecule has 0 radical (unpaired) electrons. The van der Waals surface area contributed by atoms with E-state index < -0.39 is 5.92 Å². The van der Waals surface area contributed by atoms with Crippen LogP contribution in [0, 0.1) is 0 Å². The van der Waals surface area contributed by atoms with Crippen molar-refractivity contribution in [3.05, 3.63) is 63.6 Å². The highest BCUT2D eigenvalue weighted by atomic mass is 79.9. The molecular weight excluding hydrogens is 332 g/mol. The summed E-state index contributed by atoms with van der Waals surface area (Å²) in [4.78, 5) is 25.0. The van der Waals surface area contributed by atoms with Gasteiger partial charge in [-0.15, -0.1) is 0 Å². The van der Waals surface area contributed by atoms with Crippen LogP contribution < -0.4 is 4.74 Å². The first kappa shape index (κ1) is 14.0. The molecule has 0 amide bonds. The Bertz CT molecular complexity index is 702. The van der Waals surface area contributed by atoms with Crippen molar-refractivity contribution in [2.24, 2.45) is 0 Å². The monoisotopic (exact) mass is 344 g/mol. The summed E-state index contributed by atoms with van der Waals surface area (Å²) in [7, 11) is 0. The third-order valence-electron chi connectivity index (χ3n) is 3.57. The molecule has 2 aromatic carbocycles. The van der Waals surface area contributed by atoms with E-state index >= 15 is 0 Å². The fraction of sp³-hybridized carbons (Fsp3) is 0.176. The Hall–Kier alpha value is -1.94. The zero-order valence-electron chi connectivity index (χ0n) is 11.4. The molecule has 0 heterocycles. The summed E-state index contributed by atoms with van der Waals surface area (Å²) in [5, 5.41) is 0. The normalized spacial score (nSPS) is 14.4. The third-order valence-corrected chi connectivity index (χ3v) is 4.23. The first-order valence-electron chi connectivity index (χ1n) is 6.73. The highest BCUT2D eigenvalue weighted by Crippen LogP contribution is 2.37. The Kier molecular flexibility index (Phi) is 3.64. The molecule has 0 saturated heterocycles. The van der Waals surface area contributed by atoms with Crippen LogP contribution in [-0.2, 0) is 0 Å². The minimum absolute atomic E-state index is 0.139. The van der Waals surface area contributed by atoms with Crippen molar-refractivity contribution in [1.82, 2.24) is 0 Å². The molecule has 0 unspecified atom stereocenters. The second-order valence-electron chi connectivity index (χ2n) is 4.83. The van der Waals surface area contributed by atoms with Gasteiger partial charge in [0.2, 0.25) is 0 Å². The second kappa shape index (κ2) is 5.45. The zero-order valence-corrected chi connectivity index (χ0v) is 13.0. The first-order valence-corrected chi connectivity index (χ1v) is 7.52. The van der Waals surface area contributed by atoms with E-state index in [1.807, 2.05) is 13.0 Å². The lowest BCUT2D eigenvalue weighted by Crippen LogP contribution is -2.13. The minimum Gasteiger partial charge on any atom is -0.493 e. The maximum absolute atomic E-state index is 12.5. The van der Waals surface area contributed by atoms with Crippen LogP contribution in [0.3, 0.4) is 0 Å². The maximum atomic E-state index is 12.5. The lowest BCUT2D eigenvalue weighted by Gasteiger charge is -2.11. The van der Waals surface area contributed by atoms with Crippen LogP contribution in [0.25, 0.3) is 0 Å². The van der Waals surface area contributed by atoms with E-state index in [9.17, 15) is 9.59 Å². The Morgan fingerprint density at radius 3 is 2.24 bits per heavy atom. The molecule has 3 nitrogen and oxygen atoms in total. The van der Waals surface area contributed by atoms with Gasteiger partial charge in [0.25, 0.3) is 0 Å². The number of benzene rings is 2. The molecule has 1 aliphatic rings. The summed E-state index contributed by atoms with van der Waals surface area (Å²) >= 11 is 3.40. The highest BCUT2D eigenvalue weighted by molar-refractivity contribution is 9.10. The van der Waals surface area contributed by atoms with Crippen molar-refractivity contribution < 1.29 is 14.3 Å². The number of halogens is 1. The van der Waals surface area contributed by atoms with Crippen molar-refractivity contribution in [2.75, 3.05) is 6.61 Å². The van der Waals surface area contributed by atoms with Gasteiger partial charge in [0.15, 0.2) is 11.6 Å². The van der Waals surface area contributed by atoms with Crippen molar-refractivity contribution in [1.29, 1.82) is 0 Å². The van der Waals surface area contributed by atoms with Gasteiger partial charge in [0.1, 0.15) is 11.7 Å².